The summed E-state index contributed by atoms with van der Waals surface area (Å²) in [4.78, 5) is 0. The van der Waals surface area contributed by atoms with Crippen LogP contribution in [0.25, 0.3) is 0 Å². The zero-order chi connectivity index (χ0) is 8.69. The van der Waals surface area contributed by atoms with Gasteiger partial charge >= 0.3 is 15.9 Å². The van der Waals surface area contributed by atoms with Gasteiger partial charge in [0.1, 0.15) is 12.6 Å². The molecule has 0 amide bonds. The van der Waals surface area contributed by atoms with Gasteiger partial charge in [-0.1, -0.05) is 0 Å². The predicted molar refractivity (Wildman–Crippen MR) is 42.3 cm³/mol. The fourth-order valence-corrected chi connectivity index (χ4v) is 1.10. The van der Waals surface area contributed by atoms with Crippen LogP contribution in [0.3, 0.4) is 0 Å². The second kappa shape index (κ2) is 7.04. The number of methoxy groups -OCH3 is 2. The summed E-state index contributed by atoms with van der Waals surface area (Å²) in [7, 11) is 3.19. The highest BCUT2D eigenvalue weighted by molar-refractivity contribution is 6.18. The Balaban J connectivity index is 3.13. The maximum absolute atomic E-state index is 5.18. The minimum absolute atomic E-state index is 0.175. The van der Waals surface area contributed by atoms with Crippen molar-refractivity contribution >= 4 is 15.9 Å². The molecule has 0 aromatic carbocycles. The lowest BCUT2D eigenvalue weighted by Crippen LogP contribution is -2.20. The largest absolute Gasteiger partial charge is 0.653 e. The highest BCUT2D eigenvalue weighted by atomic mass is 27.2. The third kappa shape index (κ3) is 6.76. The van der Waals surface area contributed by atoms with E-state index in [9.17, 15) is 0 Å². The van der Waals surface area contributed by atoms with Crippen molar-refractivity contribution in [3.05, 3.63) is 0 Å². The lowest BCUT2D eigenvalue weighted by Gasteiger charge is -2.14. The molecule has 0 N–H and O–H groups in total. The third-order valence-electron chi connectivity index (χ3n) is 1.27. The molecule has 11 heavy (non-hydrogen) atoms. The van der Waals surface area contributed by atoms with Crippen molar-refractivity contribution in [1.29, 1.82) is 0 Å². The monoisotopic (exact) mass is 178 g/mol. The van der Waals surface area contributed by atoms with E-state index in [-0.39, 0.29) is 12.6 Å². The van der Waals surface area contributed by atoms with Crippen LogP contribution in [0, 0.1) is 0 Å². The lowest BCUT2D eigenvalue weighted by molar-refractivity contribution is -0.0840. The minimum Gasteiger partial charge on any atom is -0.458 e. The quantitative estimate of drug-likeness (QED) is 0.432. The van der Waals surface area contributed by atoms with Crippen molar-refractivity contribution in [1.82, 2.24) is 0 Å². The summed E-state index contributed by atoms with van der Waals surface area (Å²) in [5.74, 6) is 0. The number of hydrogen-bond donors (Lipinski definition) is 0. The van der Waals surface area contributed by atoms with E-state index in [1.54, 1.807) is 14.2 Å². The van der Waals surface area contributed by atoms with Gasteiger partial charge in [-0.15, -0.1) is 0 Å². The lowest BCUT2D eigenvalue weighted by atomic mass is 10.8. The second-order valence-corrected chi connectivity index (χ2v) is 2.96. The van der Waals surface area contributed by atoms with E-state index in [1.165, 1.54) is 0 Å². The minimum atomic E-state index is -0.956. The molecule has 2 unspecified atom stereocenters. The highest BCUT2D eigenvalue weighted by Gasteiger charge is 2.06. The SMILES string of the molecule is COC(C)[O][AlH][O]C(C)OC. The molecular formula is C6H15AlO4. The molecule has 0 fully saturated rings. The first-order valence-electron chi connectivity index (χ1n) is 3.49. The van der Waals surface area contributed by atoms with Crippen molar-refractivity contribution in [2.75, 3.05) is 14.2 Å². The van der Waals surface area contributed by atoms with E-state index in [4.69, 9.17) is 17.1 Å². The Morgan fingerprint density at radius 3 is 1.55 bits per heavy atom. The van der Waals surface area contributed by atoms with Crippen LogP contribution in [0.5, 0.6) is 0 Å². The number of hydrogen-bond acceptors (Lipinski definition) is 4. The van der Waals surface area contributed by atoms with Gasteiger partial charge in [-0.3, -0.25) is 0 Å². The van der Waals surface area contributed by atoms with Gasteiger partial charge < -0.3 is 17.1 Å². The van der Waals surface area contributed by atoms with Crippen molar-refractivity contribution in [2.45, 2.75) is 26.4 Å². The fourth-order valence-electron chi connectivity index (χ4n) is 0.367. The standard InChI is InChI=1S/2C3H7O2.Al.H/c2*1-3(4)5-2;;/h2*3H,1-2H3;;/q2*-1;+2;. The zero-order valence-electron chi connectivity index (χ0n) is 7.49. The van der Waals surface area contributed by atoms with Gasteiger partial charge in [0, 0.05) is 14.2 Å². The Hall–Kier alpha value is 0.372. The Labute approximate surface area is 74.1 Å². The zero-order valence-corrected chi connectivity index (χ0v) is 8.91. The Kier molecular flexibility index (Phi) is 7.28. The summed E-state index contributed by atoms with van der Waals surface area (Å²) in [5, 5.41) is 0. The Morgan fingerprint density at radius 1 is 0.909 bits per heavy atom. The number of ether oxygens (including phenoxy) is 2. The van der Waals surface area contributed by atoms with Crippen LogP contribution < -0.4 is 0 Å². The first-order chi connectivity index (χ1) is 5.20. The summed E-state index contributed by atoms with van der Waals surface area (Å²) in [6.45, 7) is 3.65. The molecule has 0 rings (SSSR count). The van der Waals surface area contributed by atoms with Gasteiger partial charge in [-0.25, -0.2) is 0 Å². The second-order valence-electron chi connectivity index (χ2n) is 2.06. The normalized spacial score (nSPS) is 16.0. The van der Waals surface area contributed by atoms with E-state index < -0.39 is 15.9 Å². The van der Waals surface area contributed by atoms with E-state index in [1.807, 2.05) is 13.8 Å². The van der Waals surface area contributed by atoms with Crippen molar-refractivity contribution in [3.63, 3.8) is 0 Å². The summed E-state index contributed by atoms with van der Waals surface area (Å²) >= 11 is -0.956. The third-order valence-corrected chi connectivity index (χ3v) is 2.48. The molecule has 0 heterocycles. The molecule has 0 aliphatic heterocycles. The molecule has 5 heteroatoms. The summed E-state index contributed by atoms with van der Waals surface area (Å²) in [6, 6.07) is 0. The van der Waals surface area contributed by atoms with Gasteiger partial charge in [0.2, 0.25) is 0 Å². The maximum Gasteiger partial charge on any atom is 0.653 e. The summed E-state index contributed by atoms with van der Waals surface area (Å²) in [5.41, 5.74) is 0. The molecule has 66 valence electrons. The smallest absolute Gasteiger partial charge is 0.458 e. The molecule has 0 saturated heterocycles. The molecule has 0 bridgehead atoms. The van der Waals surface area contributed by atoms with Crippen LogP contribution in [0.2, 0.25) is 0 Å². The predicted octanol–water partition coefficient (Wildman–Crippen LogP) is 0.271. The molecule has 0 spiro atoms. The summed E-state index contributed by atoms with van der Waals surface area (Å²) in [6.07, 6.45) is -0.351. The molecule has 0 aromatic rings. The average Bonchev–Trinajstić information content (AvgIpc) is 2.04. The molecule has 0 radical (unpaired) electrons. The molecule has 0 aromatic heterocycles. The first kappa shape index (κ1) is 11.4. The maximum atomic E-state index is 5.18. The van der Waals surface area contributed by atoms with Crippen molar-refractivity contribution in [2.24, 2.45) is 0 Å². The Morgan fingerprint density at radius 2 is 1.27 bits per heavy atom. The topological polar surface area (TPSA) is 36.9 Å². The Bertz CT molecular complexity index is 80.7. The molecular weight excluding hydrogens is 163 g/mol. The average molecular weight is 178 g/mol. The van der Waals surface area contributed by atoms with Crippen molar-refractivity contribution < 1.29 is 17.1 Å². The van der Waals surface area contributed by atoms with E-state index in [0.717, 1.165) is 0 Å². The molecule has 2 atom stereocenters. The van der Waals surface area contributed by atoms with Gasteiger partial charge in [0.25, 0.3) is 0 Å². The van der Waals surface area contributed by atoms with Gasteiger partial charge in [-0.05, 0) is 13.8 Å². The van der Waals surface area contributed by atoms with Crippen LogP contribution in [0.4, 0.5) is 0 Å². The van der Waals surface area contributed by atoms with Crippen LogP contribution in [0.15, 0.2) is 0 Å². The van der Waals surface area contributed by atoms with Crippen molar-refractivity contribution in [3.8, 4) is 0 Å². The first-order valence-corrected chi connectivity index (χ1v) is 4.65. The van der Waals surface area contributed by atoms with Crippen LogP contribution in [-0.4, -0.2) is 42.7 Å². The van der Waals surface area contributed by atoms with E-state index in [0.29, 0.717) is 0 Å². The van der Waals surface area contributed by atoms with Gasteiger partial charge in [0.15, 0.2) is 0 Å². The van der Waals surface area contributed by atoms with E-state index in [2.05, 4.69) is 0 Å². The van der Waals surface area contributed by atoms with E-state index >= 15 is 0 Å². The molecule has 0 aliphatic carbocycles. The molecule has 0 saturated carbocycles. The fraction of sp³-hybridized carbons (Fsp3) is 1.00. The van der Waals surface area contributed by atoms with Gasteiger partial charge in [-0.2, -0.15) is 0 Å². The summed E-state index contributed by atoms with van der Waals surface area (Å²) < 4.78 is 20.1. The number of rotatable bonds is 6. The molecule has 0 aliphatic rings. The highest BCUT2D eigenvalue weighted by Crippen LogP contribution is 1.92. The van der Waals surface area contributed by atoms with Gasteiger partial charge in [0.05, 0.1) is 0 Å². The van der Waals surface area contributed by atoms with Crippen LogP contribution in [0.1, 0.15) is 13.8 Å². The molecule has 4 nitrogen and oxygen atoms in total. The van der Waals surface area contributed by atoms with Crippen LogP contribution in [-0.2, 0) is 17.1 Å². The van der Waals surface area contributed by atoms with Crippen LogP contribution >= 0.6 is 0 Å².